The number of carboxylic acids is 1. The molecule has 6 nitrogen and oxygen atoms in total. The fraction of sp³-hybridized carbons (Fsp3) is 0.0714. The molecular weight excluding hydrogens is 262 g/mol. The number of nitro groups is 1. The molecule has 0 aliphatic rings. The number of carboxylic acid groups (broad SMARTS) is 1. The third kappa shape index (κ3) is 3.11. The maximum Gasteiger partial charge on any atom is 0.336 e. The predicted octanol–water partition coefficient (Wildman–Crippen LogP) is 2.87. The maximum atomic E-state index is 11.1. The molecule has 20 heavy (non-hydrogen) atoms. The normalized spacial score (nSPS) is 10.0. The smallest absolute Gasteiger partial charge is 0.336 e. The lowest BCUT2D eigenvalue weighted by atomic mass is 10.1. The first-order valence-corrected chi connectivity index (χ1v) is 5.76. The average molecular weight is 273 g/mol. The van der Waals surface area contributed by atoms with Gasteiger partial charge in [0.2, 0.25) is 0 Å². The van der Waals surface area contributed by atoms with Gasteiger partial charge >= 0.3 is 5.97 Å². The van der Waals surface area contributed by atoms with Crippen LogP contribution in [0.2, 0.25) is 0 Å². The zero-order chi connectivity index (χ0) is 14.5. The van der Waals surface area contributed by atoms with Gasteiger partial charge < -0.3 is 9.84 Å². The molecule has 0 saturated carbocycles. The summed E-state index contributed by atoms with van der Waals surface area (Å²) < 4.78 is 5.45. The Kier molecular flexibility index (Phi) is 3.95. The number of nitrogens with zero attached hydrogens (tertiary/aromatic N) is 1. The van der Waals surface area contributed by atoms with Crippen molar-refractivity contribution < 1.29 is 19.6 Å². The van der Waals surface area contributed by atoms with Crippen LogP contribution in [0.25, 0.3) is 0 Å². The van der Waals surface area contributed by atoms with Gasteiger partial charge in [0.05, 0.1) is 10.5 Å². The Balaban J connectivity index is 2.23. The minimum atomic E-state index is -1.22. The molecule has 0 atom stereocenters. The molecule has 0 spiro atoms. The van der Waals surface area contributed by atoms with E-state index < -0.39 is 10.9 Å². The minimum Gasteiger partial charge on any atom is -0.489 e. The second kappa shape index (κ2) is 5.83. The summed E-state index contributed by atoms with van der Waals surface area (Å²) in [7, 11) is 0. The van der Waals surface area contributed by atoms with E-state index in [0.29, 0.717) is 11.3 Å². The van der Waals surface area contributed by atoms with E-state index in [4.69, 9.17) is 9.84 Å². The fourth-order valence-corrected chi connectivity index (χ4v) is 1.68. The Hall–Kier alpha value is -2.89. The lowest BCUT2D eigenvalue weighted by Gasteiger charge is -2.08. The SMILES string of the molecule is O=C(O)c1cc([N+](=O)[O-])ccc1COc1ccccc1. The van der Waals surface area contributed by atoms with Gasteiger partial charge in [-0.25, -0.2) is 4.79 Å². The molecule has 1 N–H and O–H groups in total. The number of hydrogen-bond donors (Lipinski definition) is 1. The predicted molar refractivity (Wildman–Crippen MR) is 70.8 cm³/mol. The van der Waals surface area contributed by atoms with Crippen molar-refractivity contribution >= 4 is 11.7 Å². The molecule has 0 aliphatic carbocycles. The van der Waals surface area contributed by atoms with Crippen molar-refractivity contribution in [2.24, 2.45) is 0 Å². The fourth-order valence-electron chi connectivity index (χ4n) is 1.68. The number of non-ortho nitro benzene ring substituents is 1. The molecule has 2 aromatic rings. The third-order valence-electron chi connectivity index (χ3n) is 2.67. The lowest BCUT2D eigenvalue weighted by molar-refractivity contribution is -0.384. The first kappa shape index (κ1) is 13.5. The summed E-state index contributed by atoms with van der Waals surface area (Å²) in [6.07, 6.45) is 0. The monoisotopic (exact) mass is 273 g/mol. The summed E-state index contributed by atoms with van der Waals surface area (Å²) in [5.41, 5.74) is -0.00653. The molecular formula is C14H11NO5. The molecule has 6 heteroatoms. The van der Waals surface area contributed by atoms with Crippen molar-refractivity contribution in [2.75, 3.05) is 0 Å². The first-order chi connectivity index (χ1) is 9.58. The van der Waals surface area contributed by atoms with Crippen molar-refractivity contribution in [3.05, 3.63) is 69.8 Å². The van der Waals surface area contributed by atoms with Gasteiger partial charge in [0.25, 0.3) is 5.69 Å². The highest BCUT2D eigenvalue weighted by atomic mass is 16.6. The van der Waals surface area contributed by atoms with Crippen LogP contribution >= 0.6 is 0 Å². The first-order valence-electron chi connectivity index (χ1n) is 5.76. The number of ether oxygens (including phenoxy) is 1. The molecule has 0 saturated heterocycles. The molecule has 0 aromatic heterocycles. The van der Waals surface area contributed by atoms with Gasteiger partial charge in [-0.05, 0) is 18.2 Å². The third-order valence-corrected chi connectivity index (χ3v) is 2.67. The van der Waals surface area contributed by atoms with E-state index in [0.717, 1.165) is 6.07 Å². The Morgan fingerprint density at radius 1 is 1.20 bits per heavy atom. The molecule has 0 amide bonds. The topological polar surface area (TPSA) is 89.7 Å². The molecule has 0 bridgehead atoms. The van der Waals surface area contributed by atoms with Crippen LogP contribution in [0.15, 0.2) is 48.5 Å². The molecule has 0 unspecified atom stereocenters. The summed E-state index contributed by atoms with van der Waals surface area (Å²) in [6.45, 7) is 0.0314. The Bertz CT molecular complexity index is 639. The number of aromatic carboxylic acids is 1. The molecule has 2 rings (SSSR count). The van der Waals surface area contributed by atoms with Gasteiger partial charge in [0.1, 0.15) is 12.4 Å². The van der Waals surface area contributed by atoms with Crippen molar-refractivity contribution in [3.63, 3.8) is 0 Å². The molecule has 0 heterocycles. The maximum absolute atomic E-state index is 11.1. The zero-order valence-corrected chi connectivity index (χ0v) is 10.4. The lowest BCUT2D eigenvalue weighted by Crippen LogP contribution is -2.06. The number of carbonyl (C=O) groups is 1. The molecule has 0 aliphatic heterocycles. The van der Waals surface area contributed by atoms with Crippen molar-refractivity contribution in [1.29, 1.82) is 0 Å². The number of rotatable bonds is 5. The largest absolute Gasteiger partial charge is 0.489 e. The van der Waals surface area contributed by atoms with E-state index in [1.54, 1.807) is 24.3 Å². The highest BCUT2D eigenvalue weighted by molar-refractivity contribution is 5.90. The van der Waals surface area contributed by atoms with Gasteiger partial charge in [-0.15, -0.1) is 0 Å². The summed E-state index contributed by atoms with van der Waals surface area (Å²) >= 11 is 0. The number of benzene rings is 2. The van der Waals surface area contributed by atoms with Crippen LogP contribution < -0.4 is 4.74 Å². The van der Waals surface area contributed by atoms with E-state index in [1.807, 2.05) is 6.07 Å². The molecule has 0 radical (unpaired) electrons. The standard InChI is InChI=1S/C14H11NO5/c16-14(17)13-8-11(15(18)19)7-6-10(13)9-20-12-4-2-1-3-5-12/h1-8H,9H2,(H,16,17). The van der Waals surface area contributed by atoms with Gasteiger partial charge in [-0.3, -0.25) is 10.1 Å². The van der Waals surface area contributed by atoms with E-state index in [9.17, 15) is 14.9 Å². The van der Waals surface area contributed by atoms with Gasteiger partial charge in [-0.1, -0.05) is 18.2 Å². The van der Waals surface area contributed by atoms with E-state index in [1.165, 1.54) is 12.1 Å². The summed E-state index contributed by atoms with van der Waals surface area (Å²) in [5, 5.41) is 19.7. The van der Waals surface area contributed by atoms with Gasteiger partial charge in [-0.2, -0.15) is 0 Å². The van der Waals surface area contributed by atoms with Crippen LogP contribution in [0.3, 0.4) is 0 Å². The second-order valence-corrected chi connectivity index (χ2v) is 4.01. The molecule has 0 fully saturated rings. The van der Waals surface area contributed by atoms with Crippen LogP contribution in [0.4, 0.5) is 5.69 Å². The highest BCUT2D eigenvalue weighted by Crippen LogP contribution is 2.20. The van der Waals surface area contributed by atoms with E-state index >= 15 is 0 Å². The zero-order valence-electron chi connectivity index (χ0n) is 10.4. The number of hydrogen-bond acceptors (Lipinski definition) is 4. The van der Waals surface area contributed by atoms with Gasteiger partial charge in [0.15, 0.2) is 0 Å². The van der Waals surface area contributed by atoms with Gasteiger partial charge in [0, 0.05) is 17.7 Å². The highest BCUT2D eigenvalue weighted by Gasteiger charge is 2.16. The van der Waals surface area contributed by atoms with Crippen LogP contribution in [0.1, 0.15) is 15.9 Å². The van der Waals surface area contributed by atoms with Crippen LogP contribution in [-0.2, 0) is 6.61 Å². The Morgan fingerprint density at radius 3 is 2.50 bits per heavy atom. The summed E-state index contributed by atoms with van der Waals surface area (Å²) in [5.74, 6) is -0.623. The Morgan fingerprint density at radius 2 is 1.90 bits per heavy atom. The molecule has 102 valence electrons. The number of para-hydroxylation sites is 1. The summed E-state index contributed by atoms with van der Waals surface area (Å²) in [4.78, 5) is 21.1. The Labute approximate surface area is 114 Å². The van der Waals surface area contributed by atoms with Crippen LogP contribution in [-0.4, -0.2) is 16.0 Å². The van der Waals surface area contributed by atoms with Crippen molar-refractivity contribution in [2.45, 2.75) is 6.61 Å². The quantitative estimate of drug-likeness (QED) is 0.668. The van der Waals surface area contributed by atoms with E-state index in [2.05, 4.69) is 0 Å². The minimum absolute atomic E-state index is 0.0314. The summed E-state index contributed by atoms with van der Waals surface area (Å²) in [6, 6.07) is 12.6. The average Bonchev–Trinajstić information content (AvgIpc) is 2.45. The number of nitro benzene ring substituents is 1. The van der Waals surface area contributed by atoms with E-state index in [-0.39, 0.29) is 17.9 Å². The molecule has 2 aromatic carbocycles. The van der Waals surface area contributed by atoms with Crippen molar-refractivity contribution in [3.8, 4) is 5.75 Å². The van der Waals surface area contributed by atoms with Crippen LogP contribution in [0.5, 0.6) is 5.75 Å². The van der Waals surface area contributed by atoms with Crippen LogP contribution in [0, 0.1) is 10.1 Å². The van der Waals surface area contributed by atoms with Crippen molar-refractivity contribution in [1.82, 2.24) is 0 Å². The second-order valence-electron chi connectivity index (χ2n) is 4.01.